The van der Waals surface area contributed by atoms with E-state index in [4.69, 9.17) is 4.74 Å². The van der Waals surface area contributed by atoms with E-state index >= 15 is 0 Å². The number of carbonyl (C=O) groups is 1. The van der Waals surface area contributed by atoms with Crippen LogP contribution in [0.15, 0.2) is 47.6 Å². The van der Waals surface area contributed by atoms with Gasteiger partial charge in [0.25, 0.3) is 0 Å². The number of hydrogen-bond donors (Lipinski definition) is 0. The molecule has 0 unspecified atom stereocenters. The Kier molecular flexibility index (Phi) is 5.08. The Morgan fingerprint density at radius 2 is 2.08 bits per heavy atom. The summed E-state index contributed by atoms with van der Waals surface area (Å²) in [5.74, 6) is -0.584. The number of nitrogens with zero attached hydrogens (tertiary/aromatic N) is 4. The summed E-state index contributed by atoms with van der Waals surface area (Å²) >= 11 is 1.20. The van der Waals surface area contributed by atoms with Gasteiger partial charge < -0.3 is 4.74 Å². The summed E-state index contributed by atoms with van der Waals surface area (Å²) in [7, 11) is 1.38. The van der Waals surface area contributed by atoms with Crippen LogP contribution in [0.5, 0.6) is 5.75 Å². The smallest absolute Gasteiger partial charge is 0.214 e. The van der Waals surface area contributed by atoms with Crippen molar-refractivity contribution in [2.45, 2.75) is 12.1 Å². The fourth-order valence-corrected chi connectivity index (χ4v) is 3.05. The van der Waals surface area contributed by atoms with Gasteiger partial charge in [-0.2, -0.15) is 4.68 Å². The zero-order valence-electron chi connectivity index (χ0n) is 13.6. The van der Waals surface area contributed by atoms with Gasteiger partial charge in [-0.05, 0) is 47.2 Å². The Labute approximate surface area is 148 Å². The van der Waals surface area contributed by atoms with Crippen molar-refractivity contribution >= 4 is 17.5 Å². The lowest BCUT2D eigenvalue weighted by molar-refractivity contribution is 0.102. The highest BCUT2D eigenvalue weighted by atomic mass is 32.2. The number of tetrazole rings is 1. The van der Waals surface area contributed by atoms with Crippen LogP contribution in [0.2, 0.25) is 0 Å². The fourth-order valence-electron chi connectivity index (χ4n) is 2.27. The molecule has 0 fully saturated rings. The van der Waals surface area contributed by atoms with E-state index in [0.29, 0.717) is 5.16 Å². The molecule has 0 aliphatic carbocycles. The lowest BCUT2D eigenvalue weighted by Crippen LogP contribution is -2.06. The number of benzene rings is 2. The summed E-state index contributed by atoms with van der Waals surface area (Å²) in [6.45, 7) is 1.96. The van der Waals surface area contributed by atoms with Crippen LogP contribution >= 0.6 is 11.8 Å². The predicted octanol–water partition coefficient (Wildman–Crippen LogP) is 3.09. The van der Waals surface area contributed by atoms with Gasteiger partial charge in [-0.1, -0.05) is 30.0 Å². The number of hydrogen-bond acceptors (Lipinski definition) is 6. The second kappa shape index (κ2) is 7.43. The first-order chi connectivity index (χ1) is 12.1. The summed E-state index contributed by atoms with van der Waals surface area (Å²) in [5.41, 5.74) is 2.14. The van der Waals surface area contributed by atoms with Crippen molar-refractivity contribution in [2.75, 3.05) is 12.9 Å². The maximum atomic E-state index is 13.7. The molecule has 128 valence electrons. The molecule has 3 aromatic rings. The molecule has 8 heteroatoms. The monoisotopic (exact) mass is 358 g/mol. The highest BCUT2D eigenvalue weighted by molar-refractivity contribution is 7.99. The third kappa shape index (κ3) is 3.69. The number of aromatic nitrogens is 4. The number of para-hydroxylation sites is 1. The molecule has 0 saturated carbocycles. The molecule has 0 radical (unpaired) electrons. The van der Waals surface area contributed by atoms with Crippen LogP contribution in [0.3, 0.4) is 0 Å². The maximum Gasteiger partial charge on any atom is 0.214 e. The normalized spacial score (nSPS) is 10.7. The van der Waals surface area contributed by atoms with Gasteiger partial charge in [-0.15, -0.1) is 5.10 Å². The van der Waals surface area contributed by atoms with Gasteiger partial charge in [0, 0.05) is 5.56 Å². The SMILES string of the molecule is COc1ccc(C(=O)CSc2nnnn2-c2ccccc2C)cc1F. The Balaban J connectivity index is 1.75. The average molecular weight is 358 g/mol. The first-order valence-electron chi connectivity index (χ1n) is 7.44. The molecule has 0 atom stereocenters. The number of rotatable bonds is 6. The van der Waals surface area contributed by atoms with Gasteiger partial charge >= 0.3 is 0 Å². The van der Waals surface area contributed by atoms with Gasteiger partial charge in [0.1, 0.15) is 0 Å². The average Bonchev–Trinajstić information content (AvgIpc) is 3.08. The molecular formula is C17H15FN4O2S. The number of carbonyl (C=O) groups excluding carboxylic acids is 1. The van der Waals surface area contributed by atoms with E-state index in [-0.39, 0.29) is 22.8 Å². The molecular weight excluding hydrogens is 343 g/mol. The molecule has 6 nitrogen and oxygen atoms in total. The van der Waals surface area contributed by atoms with E-state index in [1.165, 1.54) is 37.1 Å². The van der Waals surface area contributed by atoms with Gasteiger partial charge in [0.2, 0.25) is 5.16 Å². The molecule has 25 heavy (non-hydrogen) atoms. The molecule has 0 aliphatic rings. The van der Waals surface area contributed by atoms with Gasteiger partial charge in [0.05, 0.1) is 18.6 Å². The van der Waals surface area contributed by atoms with Crippen LogP contribution in [0.1, 0.15) is 15.9 Å². The number of ketones is 1. The van der Waals surface area contributed by atoms with E-state index in [2.05, 4.69) is 15.5 Å². The molecule has 0 spiro atoms. The number of halogens is 1. The molecule has 3 rings (SSSR count). The number of Topliss-reactive ketones (excluding diaryl/α,β-unsaturated/α-hetero) is 1. The largest absolute Gasteiger partial charge is 0.494 e. The van der Waals surface area contributed by atoms with Crippen molar-refractivity contribution in [3.05, 3.63) is 59.4 Å². The van der Waals surface area contributed by atoms with Crippen molar-refractivity contribution in [1.29, 1.82) is 0 Å². The predicted molar refractivity (Wildman–Crippen MR) is 91.9 cm³/mol. The topological polar surface area (TPSA) is 69.9 Å². The Morgan fingerprint density at radius 3 is 2.80 bits per heavy atom. The molecule has 0 bridgehead atoms. The Hall–Kier alpha value is -2.74. The first-order valence-corrected chi connectivity index (χ1v) is 8.42. The lowest BCUT2D eigenvalue weighted by Gasteiger charge is -2.07. The minimum absolute atomic E-state index is 0.0953. The number of thioether (sulfide) groups is 1. The van der Waals surface area contributed by atoms with Crippen molar-refractivity contribution < 1.29 is 13.9 Å². The Morgan fingerprint density at radius 1 is 1.28 bits per heavy atom. The van der Waals surface area contributed by atoms with Crippen molar-refractivity contribution in [1.82, 2.24) is 20.2 Å². The van der Waals surface area contributed by atoms with E-state index < -0.39 is 5.82 Å². The standard InChI is InChI=1S/C17H15FN4O2S/c1-11-5-3-4-6-14(11)22-17(19-20-21-22)25-10-15(23)12-7-8-16(24-2)13(18)9-12/h3-9H,10H2,1-2H3. The van der Waals surface area contributed by atoms with Gasteiger partial charge in [-0.25, -0.2) is 4.39 Å². The molecule has 1 aromatic heterocycles. The minimum atomic E-state index is -0.567. The van der Waals surface area contributed by atoms with E-state index in [9.17, 15) is 9.18 Å². The first kappa shape index (κ1) is 17.1. The minimum Gasteiger partial charge on any atom is -0.494 e. The van der Waals surface area contributed by atoms with E-state index in [0.717, 1.165) is 11.3 Å². The van der Waals surface area contributed by atoms with Gasteiger partial charge in [0.15, 0.2) is 17.3 Å². The zero-order valence-corrected chi connectivity index (χ0v) is 14.5. The van der Waals surface area contributed by atoms with E-state index in [1.807, 2.05) is 31.2 Å². The summed E-state index contributed by atoms with van der Waals surface area (Å²) < 4.78 is 20.2. The fraction of sp³-hybridized carbons (Fsp3) is 0.176. The van der Waals surface area contributed by atoms with Crippen molar-refractivity contribution in [3.8, 4) is 11.4 Å². The quantitative estimate of drug-likeness (QED) is 0.498. The van der Waals surface area contributed by atoms with E-state index in [1.54, 1.807) is 4.68 Å². The highest BCUT2D eigenvalue weighted by Crippen LogP contribution is 2.23. The number of methoxy groups -OCH3 is 1. The third-order valence-electron chi connectivity index (χ3n) is 3.59. The summed E-state index contributed by atoms with van der Waals surface area (Å²) in [6, 6.07) is 11.8. The van der Waals surface area contributed by atoms with Crippen LogP contribution in [0.4, 0.5) is 4.39 Å². The Bertz CT molecular complexity index is 913. The summed E-state index contributed by atoms with van der Waals surface area (Å²) in [6.07, 6.45) is 0. The molecule has 2 aromatic carbocycles. The second-order valence-corrected chi connectivity index (χ2v) is 6.16. The highest BCUT2D eigenvalue weighted by Gasteiger charge is 2.15. The van der Waals surface area contributed by atoms with Crippen molar-refractivity contribution in [2.24, 2.45) is 0 Å². The molecule has 0 aliphatic heterocycles. The molecule has 0 amide bonds. The molecule has 0 saturated heterocycles. The third-order valence-corrected chi connectivity index (χ3v) is 4.51. The van der Waals surface area contributed by atoms with Gasteiger partial charge in [-0.3, -0.25) is 4.79 Å². The number of ether oxygens (including phenoxy) is 1. The van der Waals surface area contributed by atoms with Crippen molar-refractivity contribution in [3.63, 3.8) is 0 Å². The molecule has 0 N–H and O–H groups in total. The second-order valence-electron chi connectivity index (χ2n) is 5.22. The zero-order chi connectivity index (χ0) is 17.8. The maximum absolute atomic E-state index is 13.7. The molecule has 1 heterocycles. The van der Waals surface area contributed by atoms with Crippen LogP contribution in [0, 0.1) is 12.7 Å². The van der Waals surface area contributed by atoms with Crippen LogP contribution in [0.25, 0.3) is 5.69 Å². The van der Waals surface area contributed by atoms with Crippen LogP contribution in [-0.4, -0.2) is 38.9 Å². The number of aryl methyl sites for hydroxylation is 1. The summed E-state index contributed by atoms with van der Waals surface area (Å²) in [4.78, 5) is 12.3. The lowest BCUT2D eigenvalue weighted by atomic mass is 10.1. The van der Waals surface area contributed by atoms with Crippen LogP contribution in [-0.2, 0) is 0 Å². The summed E-state index contributed by atoms with van der Waals surface area (Å²) in [5, 5.41) is 12.1. The van der Waals surface area contributed by atoms with Crippen LogP contribution < -0.4 is 4.74 Å².